The highest BCUT2D eigenvalue weighted by molar-refractivity contribution is 5.81. The smallest absolute Gasteiger partial charge is 0.229 e. The fraction of sp³-hybridized carbons (Fsp3) is 0.655. The third-order valence-corrected chi connectivity index (χ3v) is 7.84. The van der Waals surface area contributed by atoms with E-state index in [4.69, 9.17) is 4.42 Å². The molecule has 2 aliphatic heterocycles. The van der Waals surface area contributed by atoms with E-state index in [2.05, 4.69) is 28.6 Å². The summed E-state index contributed by atoms with van der Waals surface area (Å²) >= 11 is 0. The van der Waals surface area contributed by atoms with Crippen LogP contribution in [-0.4, -0.2) is 53.3 Å². The Morgan fingerprint density at radius 2 is 1.80 bits per heavy atom. The maximum atomic E-state index is 14.3. The second kappa shape index (κ2) is 11.8. The van der Waals surface area contributed by atoms with Crippen LogP contribution in [-0.2, 0) is 11.3 Å². The molecule has 2 atom stereocenters. The first kappa shape index (κ1) is 26.0. The molecule has 1 aromatic heterocycles. The Morgan fingerprint density at radius 3 is 2.49 bits per heavy atom. The summed E-state index contributed by atoms with van der Waals surface area (Å²) in [6.07, 6.45) is 6.02. The van der Waals surface area contributed by atoms with Crippen molar-refractivity contribution in [1.82, 2.24) is 14.8 Å². The van der Waals surface area contributed by atoms with E-state index in [0.717, 1.165) is 80.6 Å². The van der Waals surface area contributed by atoms with Crippen molar-refractivity contribution in [2.24, 2.45) is 17.8 Å². The number of ketones is 1. The Hall–Kier alpha value is -2.05. The van der Waals surface area contributed by atoms with Crippen LogP contribution >= 0.6 is 0 Å². The second-order valence-electron chi connectivity index (χ2n) is 11.1. The van der Waals surface area contributed by atoms with Gasteiger partial charge in [-0.1, -0.05) is 26.0 Å². The van der Waals surface area contributed by atoms with Crippen LogP contribution in [0.5, 0.6) is 0 Å². The Kier molecular flexibility index (Phi) is 8.77. The van der Waals surface area contributed by atoms with Crippen molar-refractivity contribution >= 4 is 5.78 Å². The molecule has 3 heterocycles. The van der Waals surface area contributed by atoms with Crippen molar-refractivity contribution in [3.63, 3.8) is 0 Å². The monoisotopic (exact) mass is 483 g/mol. The molecule has 5 nitrogen and oxygen atoms in total. The highest BCUT2D eigenvalue weighted by atomic mass is 19.1. The zero-order valence-electron chi connectivity index (χ0n) is 22.0. The summed E-state index contributed by atoms with van der Waals surface area (Å²) in [6.45, 7) is 14.5. The van der Waals surface area contributed by atoms with Crippen LogP contribution in [0.15, 0.2) is 22.6 Å². The van der Waals surface area contributed by atoms with Crippen molar-refractivity contribution < 1.29 is 13.6 Å². The molecule has 0 spiro atoms. The molecular formula is C29H42FN3O2. The SMILES string of the molecule is Cc1cccc(F)c1-c1nc(CN2CCC(C(=O)CCCCN3C[C@H](C)C[C@H](C)C3)CC2)c(C)o1. The number of hydrogen-bond donors (Lipinski definition) is 0. The standard InChI is InChI=1S/C29H42FN3O2/c1-20-16-21(2)18-33(17-20)13-6-5-10-27(34)24-11-14-32(15-12-24)19-26-23(4)35-29(31-26)28-22(3)8-7-9-25(28)30/h7-9,20-21,24H,5-6,10-19H2,1-4H3/t20-,21+. The molecule has 0 unspecified atom stereocenters. The maximum Gasteiger partial charge on any atom is 0.229 e. The molecule has 2 saturated heterocycles. The van der Waals surface area contributed by atoms with Gasteiger partial charge in [0.25, 0.3) is 0 Å². The number of carbonyl (C=O) groups is 1. The van der Waals surface area contributed by atoms with Crippen LogP contribution in [0.2, 0.25) is 0 Å². The van der Waals surface area contributed by atoms with Gasteiger partial charge in [0.1, 0.15) is 17.4 Å². The number of aryl methyl sites for hydroxylation is 2. The number of hydrogen-bond acceptors (Lipinski definition) is 5. The highest BCUT2D eigenvalue weighted by Gasteiger charge is 2.26. The quantitative estimate of drug-likeness (QED) is 0.408. The van der Waals surface area contributed by atoms with E-state index >= 15 is 0 Å². The van der Waals surface area contributed by atoms with Crippen LogP contribution in [0.4, 0.5) is 4.39 Å². The molecule has 35 heavy (non-hydrogen) atoms. The molecule has 0 saturated carbocycles. The minimum Gasteiger partial charge on any atom is -0.441 e. The summed E-state index contributed by atoms with van der Waals surface area (Å²) in [5, 5.41) is 0. The number of Topliss-reactive ketones (excluding diaryl/α,β-unsaturated/α-hetero) is 1. The van der Waals surface area contributed by atoms with Gasteiger partial charge in [0, 0.05) is 32.0 Å². The Balaban J connectivity index is 1.20. The van der Waals surface area contributed by atoms with Gasteiger partial charge in [0.2, 0.25) is 5.89 Å². The number of halogens is 1. The van der Waals surface area contributed by atoms with E-state index in [9.17, 15) is 9.18 Å². The molecule has 1 aromatic carbocycles. The van der Waals surface area contributed by atoms with E-state index in [-0.39, 0.29) is 11.7 Å². The molecule has 2 aromatic rings. The van der Waals surface area contributed by atoms with Gasteiger partial charge in [0.05, 0.1) is 11.3 Å². The van der Waals surface area contributed by atoms with E-state index in [1.54, 1.807) is 6.07 Å². The number of aromatic nitrogens is 1. The summed E-state index contributed by atoms with van der Waals surface area (Å²) in [5.74, 6) is 3.00. The molecule has 0 radical (unpaired) electrons. The summed E-state index contributed by atoms with van der Waals surface area (Å²) in [6, 6.07) is 5.01. The van der Waals surface area contributed by atoms with E-state index in [0.29, 0.717) is 23.8 Å². The largest absolute Gasteiger partial charge is 0.441 e. The number of unbranched alkanes of at least 4 members (excludes halogenated alkanes) is 1. The van der Waals surface area contributed by atoms with Crippen molar-refractivity contribution in [3.8, 4) is 11.5 Å². The molecule has 2 aliphatic rings. The van der Waals surface area contributed by atoms with Crippen LogP contribution in [0.25, 0.3) is 11.5 Å². The van der Waals surface area contributed by atoms with Gasteiger partial charge < -0.3 is 9.32 Å². The fourth-order valence-corrected chi connectivity index (χ4v) is 6.02. The highest BCUT2D eigenvalue weighted by Crippen LogP contribution is 2.29. The average Bonchev–Trinajstić information content (AvgIpc) is 3.16. The molecule has 0 N–H and O–H groups in total. The molecule has 0 aliphatic carbocycles. The lowest BCUT2D eigenvalue weighted by Crippen LogP contribution is -2.39. The molecule has 2 fully saturated rings. The van der Waals surface area contributed by atoms with Crippen LogP contribution in [0.3, 0.4) is 0 Å². The zero-order valence-corrected chi connectivity index (χ0v) is 22.0. The van der Waals surface area contributed by atoms with Gasteiger partial charge >= 0.3 is 0 Å². The van der Waals surface area contributed by atoms with Crippen molar-refractivity contribution in [2.45, 2.75) is 72.8 Å². The number of carbonyl (C=O) groups excluding carboxylic acids is 1. The van der Waals surface area contributed by atoms with E-state index in [1.807, 2.05) is 19.9 Å². The van der Waals surface area contributed by atoms with Gasteiger partial charge in [0.15, 0.2) is 0 Å². The summed E-state index contributed by atoms with van der Waals surface area (Å²) in [4.78, 5) is 22.4. The maximum absolute atomic E-state index is 14.3. The van der Waals surface area contributed by atoms with Crippen LogP contribution in [0, 0.1) is 37.4 Å². The third-order valence-electron chi connectivity index (χ3n) is 7.84. The summed E-state index contributed by atoms with van der Waals surface area (Å²) < 4.78 is 20.2. The van der Waals surface area contributed by atoms with Gasteiger partial charge in [-0.25, -0.2) is 9.37 Å². The lowest BCUT2D eigenvalue weighted by Gasteiger charge is -2.35. The van der Waals surface area contributed by atoms with Gasteiger partial charge in [-0.15, -0.1) is 0 Å². The number of nitrogens with zero attached hydrogens (tertiary/aromatic N) is 3. The summed E-state index contributed by atoms with van der Waals surface area (Å²) in [7, 11) is 0. The summed E-state index contributed by atoms with van der Waals surface area (Å²) in [5.41, 5.74) is 2.11. The number of oxazole rings is 1. The average molecular weight is 484 g/mol. The first-order valence-corrected chi connectivity index (χ1v) is 13.5. The van der Waals surface area contributed by atoms with Gasteiger partial charge in [-0.2, -0.15) is 0 Å². The van der Waals surface area contributed by atoms with Crippen molar-refractivity contribution in [1.29, 1.82) is 0 Å². The van der Waals surface area contributed by atoms with Crippen LogP contribution in [0.1, 0.15) is 69.4 Å². The van der Waals surface area contributed by atoms with Crippen LogP contribution < -0.4 is 0 Å². The van der Waals surface area contributed by atoms with Gasteiger partial charge in [-0.3, -0.25) is 9.69 Å². The predicted octanol–water partition coefficient (Wildman–Crippen LogP) is 6.03. The second-order valence-corrected chi connectivity index (χ2v) is 11.1. The lowest BCUT2D eigenvalue weighted by molar-refractivity contribution is -0.124. The molecular weight excluding hydrogens is 441 g/mol. The van der Waals surface area contributed by atoms with Crippen molar-refractivity contribution in [2.75, 3.05) is 32.7 Å². The first-order valence-electron chi connectivity index (χ1n) is 13.5. The molecule has 6 heteroatoms. The number of benzene rings is 1. The predicted molar refractivity (Wildman–Crippen MR) is 138 cm³/mol. The van der Waals surface area contributed by atoms with E-state index < -0.39 is 0 Å². The topological polar surface area (TPSA) is 49.6 Å². The minimum absolute atomic E-state index is 0.191. The minimum atomic E-state index is -0.308. The first-order chi connectivity index (χ1) is 16.8. The lowest BCUT2D eigenvalue weighted by atomic mass is 9.89. The van der Waals surface area contributed by atoms with Gasteiger partial charge in [-0.05, 0) is 89.1 Å². The molecule has 0 bridgehead atoms. The van der Waals surface area contributed by atoms with E-state index in [1.165, 1.54) is 25.6 Å². The molecule has 0 amide bonds. The number of rotatable bonds is 9. The Morgan fingerprint density at radius 1 is 1.09 bits per heavy atom. The Labute approximate surface area is 210 Å². The zero-order chi connectivity index (χ0) is 24.9. The molecule has 4 rings (SSSR count). The Bertz CT molecular complexity index is 966. The number of likely N-dealkylation sites (tertiary alicyclic amines) is 2. The number of piperidine rings is 2. The molecule has 192 valence electrons. The third kappa shape index (κ3) is 6.79. The fourth-order valence-electron chi connectivity index (χ4n) is 6.02. The van der Waals surface area contributed by atoms with Crippen molar-refractivity contribution in [3.05, 3.63) is 41.0 Å². The normalized spacial score (nSPS) is 22.5.